The van der Waals surface area contributed by atoms with Crippen LogP contribution >= 0.6 is 0 Å². The van der Waals surface area contributed by atoms with Crippen molar-refractivity contribution < 1.29 is 14.0 Å². The normalized spacial score (nSPS) is 15.3. The van der Waals surface area contributed by atoms with Gasteiger partial charge in [0, 0.05) is 37.9 Å². The number of aromatic amines is 1. The zero-order valence-corrected chi connectivity index (χ0v) is 12.7. The smallest absolute Gasteiger partial charge is 0.270 e. The summed E-state index contributed by atoms with van der Waals surface area (Å²) < 4.78 is 13.3. The fraction of sp³-hybridized carbons (Fsp3) is 0.294. The fourth-order valence-electron chi connectivity index (χ4n) is 2.76. The molecule has 3 rings (SSSR count). The maximum Gasteiger partial charge on any atom is 0.270 e. The second kappa shape index (κ2) is 6.64. The van der Waals surface area contributed by atoms with Crippen LogP contribution in [0.4, 0.5) is 4.39 Å². The number of hydrogen-bond donors (Lipinski definition) is 1. The van der Waals surface area contributed by atoms with E-state index in [9.17, 15) is 14.0 Å². The lowest BCUT2D eigenvalue weighted by molar-refractivity contribution is 0.0716. The summed E-state index contributed by atoms with van der Waals surface area (Å²) in [4.78, 5) is 31.1. The van der Waals surface area contributed by atoms with Crippen molar-refractivity contribution in [3.63, 3.8) is 0 Å². The van der Waals surface area contributed by atoms with Crippen molar-refractivity contribution in [2.24, 2.45) is 0 Å². The van der Waals surface area contributed by atoms with E-state index in [1.54, 1.807) is 34.2 Å². The van der Waals surface area contributed by atoms with Gasteiger partial charge in [-0.3, -0.25) is 9.59 Å². The molecule has 0 saturated carbocycles. The number of carbonyl (C=O) groups is 2. The third-order valence-electron chi connectivity index (χ3n) is 3.97. The van der Waals surface area contributed by atoms with Gasteiger partial charge in [-0.15, -0.1) is 0 Å². The van der Waals surface area contributed by atoms with Crippen LogP contribution in [0.25, 0.3) is 0 Å². The van der Waals surface area contributed by atoms with E-state index >= 15 is 0 Å². The minimum Gasteiger partial charge on any atom is -0.357 e. The van der Waals surface area contributed by atoms with Crippen molar-refractivity contribution in [2.45, 2.75) is 6.42 Å². The summed E-state index contributed by atoms with van der Waals surface area (Å²) in [5, 5.41) is 0. The molecule has 0 unspecified atom stereocenters. The highest BCUT2D eigenvalue weighted by molar-refractivity contribution is 5.94. The van der Waals surface area contributed by atoms with E-state index in [1.807, 2.05) is 0 Å². The molecule has 0 aliphatic carbocycles. The first-order valence-electron chi connectivity index (χ1n) is 7.62. The second-order valence-electron chi connectivity index (χ2n) is 5.53. The van der Waals surface area contributed by atoms with Gasteiger partial charge in [-0.25, -0.2) is 4.39 Å². The Labute approximate surface area is 133 Å². The van der Waals surface area contributed by atoms with Crippen molar-refractivity contribution in [3.8, 4) is 0 Å². The van der Waals surface area contributed by atoms with Crippen LogP contribution in [0.15, 0.2) is 42.6 Å². The zero-order chi connectivity index (χ0) is 16.2. The van der Waals surface area contributed by atoms with E-state index in [2.05, 4.69) is 4.98 Å². The average molecular weight is 315 g/mol. The minimum absolute atomic E-state index is 0.0601. The number of benzene rings is 1. The second-order valence-corrected chi connectivity index (χ2v) is 5.53. The van der Waals surface area contributed by atoms with Gasteiger partial charge < -0.3 is 14.8 Å². The molecule has 6 heteroatoms. The molecule has 23 heavy (non-hydrogen) atoms. The molecule has 0 atom stereocenters. The standard InChI is InChI=1S/C17H18FN3O2/c18-14-5-1-4-13(12-14)16(22)20-8-3-9-21(11-10-20)17(23)15-6-2-7-19-15/h1-2,4-7,12,19H,3,8-11H2. The van der Waals surface area contributed by atoms with Crippen LogP contribution < -0.4 is 0 Å². The van der Waals surface area contributed by atoms with Gasteiger partial charge in [0.15, 0.2) is 0 Å². The van der Waals surface area contributed by atoms with Crippen LogP contribution in [0.2, 0.25) is 0 Å². The SMILES string of the molecule is O=C(c1cccc(F)c1)N1CCCN(C(=O)c2ccc[nH]2)CC1. The first-order valence-corrected chi connectivity index (χ1v) is 7.62. The molecule has 0 radical (unpaired) electrons. The van der Waals surface area contributed by atoms with Crippen molar-refractivity contribution in [1.82, 2.24) is 14.8 Å². The van der Waals surface area contributed by atoms with Crippen molar-refractivity contribution >= 4 is 11.8 Å². The van der Waals surface area contributed by atoms with E-state index in [-0.39, 0.29) is 11.8 Å². The molecule has 1 aromatic carbocycles. The van der Waals surface area contributed by atoms with Crippen molar-refractivity contribution in [2.75, 3.05) is 26.2 Å². The lowest BCUT2D eigenvalue weighted by Crippen LogP contribution is -2.37. The summed E-state index contributed by atoms with van der Waals surface area (Å²) >= 11 is 0. The first kappa shape index (κ1) is 15.3. The molecule has 120 valence electrons. The van der Waals surface area contributed by atoms with Crippen LogP contribution in [-0.2, 0) is 0 Å². The van der Waals surface area contributed by atoms with Crippen LogP contribution in [-0.4, -0.2) is 52.8 Å². The number of nitrogens with zero attached hydrogens (tertiary/aromatic N) is 2. The van der Waals surface area contributed by atoms with Gasteiger partial charge in [0.2, 0.25) is 0 Å². The van der Waals surface area contributed by atoms with E-state index in [0.717, 1.165) is 0 Å². The van der Waals surface area contributed by atoms with Gasteiger partial charge in [0.05, 0.1) is 0 Å². The van der Waals surface area contributed by atoms with Gasteiger partial charge >= 0.3 is 0 Å². The lowest BCUT2D eigenvalue weighted by Gasteiger charge is -2.22. The number of nitrogens with one attached hydrogen (secondary N) is 1. The summed E-state index contributed by atoms with van der Waals surface area (Å²) in [6.07, 6.45) is 2.42. The average Bonchev–Trinajstić information content (AvgIpc) is 2.98. The third-order valence-corrected chi connectivity index (χ3v) is 3.97. The number of hydrogen-bond acceptors (Lipinski definition) is 2. The van der Waals surface area contributed by atoms with Gasteiger partial charge in [0.1, 0.15) is 11.5 Å². The molecule has 1 aromatic heterocycles. The minimum atomic E-state index is -0.422. The Balaban J connectivity index is 1.66. The monoisotopic (exact) mass is 315 g/mol. The molecule has 1 fully saturated rings. The van der Waals surface area contributed by atoms with Gasteiger partial charge in [0.25, 0.3) is 11.8 Å². The van der Waals surface area contributed by atoms with E-state index in [0.29, 0.717) is 43.9 Å². The maximum absolute atomic E-state index is 13.3. The topological polar surface area (TPSA) is 56.4 Å². The summed E-state index contributed by atoms with van der Waals surface area (Å²) in [6, 6.07) is 9.22. The van der Waals surface area contributed by atoms with E-state index in [1.165, 1.54) is 18.2 Å². The molecular formula is C17H18FN3O2. The Bertz CT molecular complexity index is 700. The molecule has 5 nitrogen and oxygen atoms in total. The van der Waals surface area contributed by atoms with Crippen molar-refractivity contribution in [3.05, 3.63) is 59.7 Å². The third kappa shape index (κ3) is 3.41. The Morgan fingerprint density at radius 3 is 2.35 bits per heavy atom. The highest BCUT2D eigenvalue weighted by atomic mass is 19.1. The van der Waals surface area contributed by atoms with Crippen LogP contribution in [0.1, 0.15) is 27.3 Å². The number of rotatable bonds is 2. The highest BCUT2D eigenvalue weighted by Gasteiger charge is 2.23. The number of H-pyrrole nitrogens is 1. The number of aromatic nitrogens is 1. The largest absolute Gasteiger partial charge is 0.357 e. The lowest BCUT2D eigenvalue weighted by atomic mass is 10.2. The van der Waals surface area contributed by atoms with E-state index in [4.69, 9.17) is 0 Å². The summed E-state index contributed by atoms with van der Waals surface area (Å²) in [6.45, 7) is 2.08. The van der Waals surface area contributed by atoms with Crippen LogP contribution in [0, 0.1) is 5.82 Å². The quantitative estimate of drug-likeness (QED) is 0.923. The van der Waals surface area contributed by atoms with Crippen LogP contribution in [0.5, 0.6) is 0 Å². The molecule has 1 N–H and O–H groups in total. The molecule has 2 heterocycles. The Morgan fingerprint density at radius 1 is 0.957 bits per heavy atom. The van der Waals surface area contributed by atoms with Crippen LogP contribution in [0.3, 0.4) is 0 Å². The van der Waals surface area contributed by atoms with Gasteiger partial charge in [-0.1, -0.05) is 6.07 Å². The van der Waals surface area contributed by atoms with Gasteiger partial charge in [-0.05, 0) is 36.8 Å². The molecule has 0 bridgehead atoms. The molecule has 2 aromatic rings. The predicted molar refractivity (Wildman–Crippen MR) is 83.6 cm³/mol. The van der Waals surface area contributed by atoms with Gasteiger partial charge in [-0.2, -0.15) is 0 Å². The summed E-state index contributed by atoms with van der Waals surface area (Å²) in [7, 11) is 0. The Hall–Kier alpha value is -2.63. The highest BCUT2D eigenvalue weighted by Crippen LogP contribution is 2.12. The molecule has 2 amide bonds. The summed E-state index contributed by atoms with van der Waals surface area (Å²) in [5.41, 5.74) is 0.893. The molecule has 1 aliphatic rings. The fourth-order valence-corrected chi connectivity index (χ4v) is 2.76. The molecular weight excluding hydrogens is 297 g/mol. The molecule has 1 saturated heterocycles. The van der Waals surface area contributed by atoms with E-state index < -0.39 is 5.82 Å². The molecule has 1 aliphatic heterocycles. The maximum atomic E-state index is 13.3. The zero-order valence-electron chi connectivity index (χ0n) is 12.7. The number of carbonyl (C=O) groups excluding carboxylic acids is 2. The van der Waals surface area contributed by atoms with Crippen molar-refractivity contribution in [1.29, 1.82) is 0 Å². The molecule has 0 spiro atoms. The Kier molecular flexibility index (Phi) is 4.41. The number of halogens is 1. The number of amides is 2. The first-order chi connectivity index (χ1) is 11.1. The Morgan fingerprint density at radius 2 is 1.70 bits per heavy atom. The predicted octanol–water partition coefficient (Wildman–Crippen LogP) is 2.14. The summed E-state index contributed by atoms with van der Waals surface area (Å²) in [5.74, 6) is -0.678.